The van der Waals surface area contributed by atoms with Crippen LogP contribution in [0.1, 0.15) is 26.3 Å². The molecule has 0 unspecified atom stereocenters. The van der Waals surface area contributed by atoms with E-state index < -0.39 is 5.97 Å². The molecular weight excluding hydrogens is 182 g/mol. The van der Waals surface area contributed by atoms with Gasteiger partial charge in [0.2, 0.25) is 0 Å². The Balaban J connectivity index is 2.61. The number of benzene rings is 1. The summed E-state index contributed by atoms with van der Waals surface area (Å²) in [7, 11) is 1.66. The SMILES string of the molecule is CN1Cc2c(C(=O)O)cccc2C1=O. The highest BCUT2D eigenvalue weighted by molar-refractivity contribution is 6.02. The lowest BCUT2D eigenvalue weighted by atomic mass is 10.0. The van der Waals surface area contributed by atoms with Gasteiger partial charge in [-0.2, -0.15) is 0 Å². The van der Waals surface area contributed by atoms with Crippen molar-refractivity contribution in [2.75, 3.05) is 7.05 Å². The minimum Gasteiger partial charge on any atom is -0.478 e. The largest absolute Gasteiger partial charge is 0.478 e. The van der Waals surface area contributed by atoms with Crippen molar-refractivity contribution in [3.63, 3.8) is 0 Å². The van der Waals surface area contributed by atoms with Crippen molar-refractivity contribution in [2.45, 2.75) is 6.54 Å². The fourth-order valence-electron chi connectivity index (χ4n) is 1.67. The van der Waals surface area contributed by atoms with Crippen LogP contribution in [0.5, 0.6) is 0 Å². The highest BCUT2D eigenvalue weighted by Gasteiger charge is 2.27. The van der Waals surface area contributed by atoms with Gasteiger partial charge in [-0.1, -0.05) is 6.07 Å². The Hall–Kier alpha value is -1.84. The first-order valence-electron chi connectivity index (χ1n) is 4.22. The zero-order valence-corrected chi connectivity index (χ0v) is 7.65. The predicted octanol–water partition coefficient (Wildman–Crippen LogP) is 0.970. The molecule has 1 aromatic carbocycles. The van der Waals surface area contributed by atoms with Crippen LogP contribution in [0.3, 0.4) is 0 Å². The zero-order chi connectivity index (χ0) is 10.3. The number of carbonyl (C=O) groups excluding carboxylic acids is 1. The fourth-order valence-corrected chi connectivity index (χ4v) is 1.67. The Labute approximate surface area is 80.8 Å². The maximum atomic E-state index is 11.5. The summed E-state index contributed by atoms with van der Waals surface area (Å²) in [6.07, 6.45) is 0. The second-order valence-corrected chi connectivity index (χ2v) is 3.30. The van der Waals surface area contributed by atoms with Crippen LogP contribution in [0.25, 0.3) is 0 Å². The number of amides is 1. The van der Waals surface area contributed by atoms with E-state index in [1.807, 2.05) is 0 Å². The maximum Gasteiger partial charge on any atom is 0.336 e. The van der Waals surface area contributed by atoms with Crippen molar-refractivity contribution >= 4 is 11.9 Å². The van der Waals surface area contributed by atoms with Crippen LogP contribution >= 0.6 is 0 Å². The van der Waals surface area contributed by atoms with Crippen LogP contribution in [-0.4, -0.2) is 28.9 Å². The number of carbonyl (C=O) groups is 2. The Morgan fingerprint density at radius 1 is 1.50 bits per heavy atom. The molecule has 1 aliphatic heterocycles. The standard InChI is InChI=1S/C10H9NO3/c1-11-5-8-6(9(11)12)3-2-4-7(8)10(13)14/h2-4H,5H2,1H3,(H,13,14). The van der Waals surface area contributed by atoms with E-state index in [4.69, 9.17) is 5.11 Å². The summed E-state index contributed by atoms with van der Waals surface area (Å²) in [6.45, 7) is 0.386. The quantitative estimate of drug-likeness (QED) is 0.719. The molecule has 4 nitrogen and oxygen atoms in total. The van der Waals surface area contributed by atoms with E-state index >= 15 is 0 Å². The van der Waals surface area contributed by atoms with Gasteiger partial charge in [-0.3, -0.25) is 4.79 Å². The molecule has 2 rings (SSSR count). The van der Waals surface area contributed by atoms with Crippen LogP contribution in [0.2, 0.25) is 0 Å². The molecule has 0 saturated heterocycles. The van der Waals surface area contributed by atoms with Gasteiger partial charge in [-0.15, -0.1) is 0 Å². The second-order valence-electron chi connectivity index (χ2n) is 3.30. The summed E-state index contributed by atoms with van der Waals surface area (Å²) in [5.41, 5.74) is 1.35. The molecule has 0 aromatic heterocycles. The molecule has 14 heavy (non-hydrogen) atoms. The van der Waals surface area contributed by atoms with Gasteiger partial charge in [0.15, 0.2) is 0 Å². The van der Waals surface area contributed by atoms with Gasteiger partial charge in [-0.25, -0.2) is 4.79 Å². The highest BCUT2D eigenvalue weighted by atomic mass is 16.4. The van der Waals surface area contributed by atoms with E-state index in [-0.39, 0.29) is 11.5 Å². The number of nitrogens with zero attached hydrogens (tertiary/aromatic N) is 1. The van der Waals surface area contributed by atoms with Gasteiger partial charge in [-0.05, 0) is 17.7 Å². The zero-order valence-electron chi connectivity index (χ0n) is 7.65. The van der Waals surface area contributed by atoms with E-state index in [1.54, 1.807) is 19.2 Å². The van der Waals surface area contributed by atoms with Crippen molar-refractivity contribution < 1.29 is 14.7 Å². The Morgan fingerprint density at radius 3 is 2.86 bits per heavy atom. The van der Waals surface area contributed by atoms with Crippen LogP contribution < -0.4 is 0 Å². The molecule has 0 radical (unpaired) electrons. The second kappa shape index (κ2) is 2.83. The minimum atomic E-state index is -0.982. The number of carboxylic acid groups (broad SMARTS) is 1. The van der Waals surface area contributed by atoms with Crippen LogP contribution in [0.4, 0.5) is 0 Å². The molecule has 1 aliphatic rings. The van der Waals surface area contributed by atoms with Gasteiger partial charge < -0.3 is 10.0 Å². The molecule has 1 amide bonds. The minimum absolute atomic E-state index is 0.108. The Bertz CT molecular complexity index is 425. The molecule has 0 saturated carbocycles. The lowest BCUT2D eigenvalue weighted by Gasteiger charge is -2.05. The van der Waals surface area contributed by atoms with Crippen LogP contribution in [-0.2, 0) is 6.54 Å². The lowest BCUT2D eigenvalue weighted by Crippen LogP contribution is -2.17. The number of rotatable bonds is 1. The molecule has 0 bridgehead atoms. The third-order valence-electron chi connectivity index (χ3n) is 2.38. The van der Waals surface area contributed by atoms with E-state index in [0.717, 1.165) is 0 Å². The summed E-state index contributed by atoms with van der Waals surface area (Å²) in [5.74, 6) is -1.09. The summed E-state index contributed by atoms with van der Waals surface area (Å²) in [5, 5.41) is 8.89. The fraction of sp³-hybridized carbons (Fsp3) is 0.200. The van der Waals surface area contributed by atoms with Gasteiger partial charge in [0, 0.05) is 19.2 Å². The molecule has 72 valence electrons. The summed E-state index contributed by atoms with van der Waals surface area (Å²) < 4.78 is 0. The Kier molecular flexibility index (Phi) is 1.77. The molecule has 0 atom stereocenters. The van der Waals surface area contributed by atoms with Gasteiger partial charge >= 0.3 is 5.97 Å². The van der Waals surface area contributed by atoms with E-state index in [9.17, 15) is 9.59 Å². The highest BCUT2D eigenvalue weighted by Crippen LogP contribution is 2.24. The smallest absolute Gasteiger partial charge is 0.336 e. The number of hydrogen-bond donors (Lipinski definition) is 1. The monoisotopic (exact) mass is 191 g/mol. The molecule has 0 aliphatic carbocycles. The lowest BCUT2D eigenvalue weighted by molar-refractivity contribution is 0.0693. The molecule has 4 heteroatoms. The first-order valence-corrected chi connectivity index (χ1v) is 4.22. The molecule has 0 fully saturated rings. The number of hydrogen-bond acceptors (Lipinski definition) is 2. The Morgan fingerprint density at radius 2 is 2.21 bits per heavy atom. The van der Waals surface area contributed by atoms with Gasteiger partial charge in [0.05, 0.1) is 5.56 Å². The number of carboxylic acids is 1. The van der Waals surface area contributed by atoms with Crippen molar-refractivity contribution in [3.8, 4) is 0 Å². The summed E-state index contributed by atoms with van der Waals surface area (Å²) >= 11 is 0. The van der Waals surface area contributed by atoms with Crippen molar-refractivity contribution in [1.29, 1.82) is 0 Å². The van der Waals surface area contributed by atoms with Crippen molar-refractivity contribution in [1.82, 2.24) is 4.90 Å². The average molecular weight is 191 g/mol. The van der Waals surface area contributed by atoms with E-state index in [0.29, 0.717) is 17.7 Å². The van der Waals surface area contributed by atoms with Gasteiger partial charge in [0.1, 0.15) is 0 Å². The third kappa shape index (κ3) is 1.08. The summed E-state index contributed by atoms with van der Waals surface area (Å²) in [6, 6.07) is 4.78. The van der Waals surface area contributed by atoms with Gasteiger partial charge in [0.25, 0.3) is 5.91 Å². The van der Waals surface area contributed by atoms with Crippen molar-refractivity contribution in [3.05, 3.63) is 34.9 Å². The molecule has 1 N–H and O–H groups in total. The molecule has 1 aromatic rings. The third-order valence-corrected chi connectivity index (χ3v) is 2.38. The topological polar surface area (TPSA) is 57.6 Å². The average Bonchev–Trinajstić information content (AvgIpc) is 2.43. The molecule has 0 spiro atoms. The molecular formula is C10H9NO3. The van der Waals surface area contributed by atoms with Crippen LogP contribution in [0.15, 0.2) is 18.2 Å². The maximum absolute atomic E-state index is 11.5. The molecule has 1 heterocycles. The predicted molar refractivity (Wildman–Crippen MR) is 49.2 cm³/mol. The first kappa shape index (κ1) is 8.74. The van der Waals surface area contributed by atoms with Crippen LogP contribution in [0, 0.1) is 0 Å². The van der Waals surface area contributed by atoms with E-state index in [2.05, 4.69) is 0 Å². The van der Waals surface area contributed by atoms with E-state index in [1.165, 1.54) is 11.0 Å². The first-order chi connectivity index (χ1) is 6.61. The normalized spacial score (nSPS) is 14.4. The summed E-state index contributed by atoms with van der Waals surface area (Å²) in [4.78, 5) is 23.9. The number of aromatic carboxylic acids is 1. The number of fused-ring (bicyclic) bond motifs is 1. The van der Waals surface area contributed by atoms with Crippen molar-refractivity contribution in [2.24, 2.45) is 0 Å².